The zero-order chi connectivity index (χ0) is 25.9. The maximum atomic E-state index is 13.7. The van der Waals surface area contributed by atoms with E-state index in [2.05, 4.69) is 5.16 Å². The van der Waals surface area contributed by atoms with E-state index in [4.69, 9.17) is 28.0 Å². The Hall–Kier alpha value is -3.87. The van der Waals surface area contributed by atoms with E-state index in [0.29, 0.717) is 40.0 Å². The second-order valence-corrected chi connectivity index (χ2v) is 9.74. The largest absolute Gasteiger partial charge is 0.365 e. The predicted molar refractivity (Wildman–Crippen MR) is 146 cm³/mol. The molecular weight excluding hydrogens is 509 g/mol. The van der Waals surface area contributed by atoms with Gasteiger partial charge in [-0.05, 0) is 79.7 Å². The second-order valence-electron chi connectivity index (χ2n) is 8.86. The molecule has 1 aliphatic rings. The lowest BCUT2D eigenvalue weighted by atomic mass is 10.0. The molecule has 0 radical (unpaired) electrons. The Kier molecular flexibility index (Phi) is 7.12. The molecule has 5 rings (SSSR count). The third kappa shape index (κ3) is 5.45. The van der Waals surface area contributed by atoms with Gasteiger partial charge in [0.15, 0.2) is 0 Å². The Morgan fingerprint density at radius 3 is 2.19 bits per heavy atom. The lowest BCUT2D eigenvalue weighted by molar-refractivity contribution is 0.0514. The number of nitrogens with zero attached hydrogens (tertiary/aromatic N) is 3. The van der Waals surface area contributed by atoms with Crippen LogP contribution in [0.3, 0.4) is 0 Å². The number of hydrogen-bond acceptors (Lipinski definition) is 4. The van der Waals surface area contributed by atoms with Crippen LogP contribution in [0.5, 0.6) is 0 Å². The van der Waals surface area contributed by atoms with Crippen LogP contribution >= 0.6 is 23.2 Å². The summed E-state index contributed by atoms with van der Waals surface area (Å²) in [6.07, 6.45) is 1.95. The van der Waals surface area contributed by atoms with Crippen LogP contribution in [0.15, 0.2) is 96.3 Å². The topological polar surface area (TPSA) is 63.9 Å². The van der Waals surface area contributed by atoms with Gasteiger partial charge in [-0.1, -0.05) is 46.1 Å². The molecule has 4 aromatic rings. The molecule has 186 valence electrons. The van der Waals surface area contributed by atoms with Crippen LogP contribution in [-0.4, -0.2) is 28.7 Å². The minimum absolute atomic E-state index is 0.158. The van der Waals surface area contributed by atoms with Gasteiger partial charge in [-0.25, -0.2) is 4.79 Å². The summed E-state index contributed by atoms with van der Waals surface area (Å²) in [6.45, 7) is 2.93. The molecule has 1 atom stereocenters. The number of carbonyl (C=O) groups is 2. The number of amides is 1. The van der Waals surface area contributed by atoms with Crippen LogP contribution in [-0.2, 0) is 11.4 Å². The van der Waals surface area contributed by atoms with Crippen molar-refractivity contribution in [2.24, 2.45) is 11.1 Å². The molecule has 0 unspecified atom stereocenters. The van der Waals surface area contributed by atoms with Crippen molar-refractivity contribution in [3.05, 3.63) is 124 Å². The summed E-state index contributed by atoms with van der Waals surface area (Å²) in [4.78, 5) is 33.4. The first-order chi connectivity index (χ1) is 17.9. The van der Waals surface area contributed by atoms with Gasteiger partial charge >= 0.3 is 5.97 Å². The maximum Gasteiger partial charge on any atom is 0.365 e. The molecule has 1 amide bonds. The van der Waals surface area contributed by atoms with E-state index in [0.717, 1.165) is 16.9 Å². The summed E-state index contributed by atoms with van der Waals surface area (Å²) in [5, 5.41) is 5.37. The van der Waals surface area contributed by atoms with E-state index in [9.17, 15) is 9.59 Å². The number of aromatic nitrogens is 1. The fourth-order valence-corrected chi connectivity index (χ4v) is 4.58. The van der Waals surface area contributed by atoms with Crippen molar-refractivity contribution in [2.75, 3.05) is 11.4 Å². The maximum absolute atomic E-state index is 13.7. The number of aryl methyl sites for hydroxylation is 1. The number of fused-ring (bicyclic) bond motifs is 1. The van der Waals surface area contributed by atoms with Crippen molar-refractivity contribution < 1.29 is 14.4 Å². The highest BCUT2D eigenvalue weighted by atomic mass is 35.5. The van der Waals surface area contributed by atoms with Crippen LogP contribution in [0.4, 0.5) is 5.69 Å². The van der Waals surface area contributed by atoms with Crippen LogP contribution in [0.25, 0.3) is 0 Å². The van der Waals surface area contributed by atoms with Gasteiger partial charge in [0.2, 0.25) is 0 Å². The van der Waals surface area contributed by atoms with Gasteiger partial charge in [0.25, 0.3) is 5.91 Å². The fraction of sp³-hybridized carbons (Fsp3) is 0.138. The predicted octanol–water partition coefficient (Wildman–Crippen LogP) is 6.64. The van der Waals surface area contributed by atoms with Gasteiger partial charge in [0.1, 0.15) is 5.71 Å². The molecule has 1 aliphatic heterocycles. The van der Waals surface area contributed by atoms with Crippen LogP contribution in [0, 0.1) is 12.8 Å². The summed E-state index contributed by atoms with van der Waals surface area (Å²) >= 11 is 12.0. The van der Waals surface area contributed by atoms with E-state index < -0.39 is 5.97 Å². The standard InChI is InChI=1S/C29H23Cl2N3O3/c1-19-4-14-25(15-5-19)34(28(35)20-6-10-23(30)11-7-20)18-22-17-33-16-2-3-26(33)27(22)32-37-29(36)21-8-12-24(31)13-9-21/h2-16,22H,17-18H2,1H3/t22-/m1/s1. The van der Waals surface area contributed by atoms with Gasteiger partial charge in [0.05, 0.1) is 11.3 Å². The van der Waals surface area contributed by atoms with Gasteiger partial charge in [0, 0.05) is 46.5 Å². The average molecular weight is 532 g/mol. The molecule has 37 heavy (non-hydrogen) atoms. The third-order valence-electron chi connectivity index (χ3n) is 6.29. The van der Waals surface area contributed by atoms with Crippen molar-refractivity contribution in [1.82, 2.24) is 4.57 Å². The number of rotatable bonds is 6. The lowest BCUT2D eigenvalue weighted by Crippen LogP contribution is -2.37. The number of halogens is 2. The first-order valence-corrected chi connectivity index (χ1v) is 12.5. The first kappa shape index (κ1) is 24.8. The number of anilines is 1. The van der Waals surface area contributed by atoms with E-state index in [1.807, 2.05) is 54.1 Å². The molecule has 2 heterocycles. The smallest absolute Gasteiger partial charge is 0.346 e. The summed E-state index contributed by atoms with van der Waals surface area (Å²) < 4.78 is 2.04. The van der Waals surface area contributed by atoms with Crippen LogP contribution in [0.2, 0.25) is 10.0 Å². The average Bonchev–Trinajstić information content (AvgIpc) is 3.48. The SMILES string of the molecule is Cc1ccc(N(C[C@H]2Cn3cccc3C2=NOC(=O)c2ccc(Cl)cc2)C(=O)c2ccc(Cl)cc2)cc1. The van der Waals surface area contributed by atoms with Gasteiger partial charge in [-0.15, -0.1) is 0 Å². The van der Waals surface area contributed by atoms with Gasteiger partial charge in [-0.2, -0.15) is 0 Å². The zero-order valence-corrected chi connectivity index (χ0v) is 21.5. The Balaban J connectivity index is 1.45. The van der Waals surface area contributed by atoms with E-state index in [1.165, 1.54) is 0 Å². The van der Waals surface area contributed by atoms with Crippen molar-refractivity contribution in [3.63, 3.8) is 0 Å². The molecule has 0 fully saturated rings. The molecule has 0 aliphatic carbocycles. The number of benzene rings is 3. The Bertz CT molecular complexity index is 1460. The summed E-state index contributed by atoms with van der Waals surface area (Å²) in [7, 11) is 0. The molecule has 8 heteroatoms. The van der Waals surface area contributed by atoms with Crippen molar-refractivity contribution >= 4 is 46.5 Å². The van der Waals surface area contributed by atoms with Crippen LogP contribution in [0.1, 0.15) is 32.0 Å². The van der Waals surface area contributed by atoms with E-state index in [1.54, 1.807) is 53.4 Å². The van der Waals surface area contributed by atoms with E-state index >= 15 is 0 Å². The molecule has 6 nitrogen and oxygen atoms in total. The highest BCUT2D eigenvalue weighted by Crippen LogP contribution is 2.27. The van der Waals surface area contributed by atoms with Gasteiger partial charge < -0.3 is 14.3 Å². The molecule has 3 aromatic carbocycles. The lowest BCUT2D eigenvalue weighted by Gasteiger charge is -2.26. The third-order valence-corrected chi connectivity index (χ3v) is 6.79. The monoisotopic (exact) mass is 531 g/mol. The summed E-state index contributed by atoms with van der Waals surface area (Å²) in [5.41, 5.74) is 4.17. The molecule has 1 aromatic heterocycles. The highest BCUT2D eigenvalue weighted by Gasteiger charge is 2.33. The molecule has 0 bridgehead atoms. The second kappa shape index (κ2) is 10.6. The minimum atomic E-state index is -0.583. The zero-order valence-electron chi connectivity index (χ0n) is 20.0. The summed E-state index contributed by atoms with van der Waals surface area (Å²) in [5.74, 6) is -0.943. The summed E-state index contributed by atoms with van der Waals surface area (Å²) in [6, 6.07) is 24.9. The quantitative estimate of drug-likeness (QED) is 0.207. The fourth-order valence-electron chi connectivity index (χ4n) is 4.33. The minimum Gasteiger partial charge on any atom is -0.346 e. The van der Waals surface area contributed by atoms with Crippen molar-refractivity contribution in [2.45, 2.75) is 13.5 Å². The molecule has 0 saturated carbocycles. The Morgan fingerprint density at radius 1 is 0.919 bits per heavy atom. The normalized spacial score (nSPS) is 15.4. The molecule has 0 spiro atoms. The highest BCUT2D eigenvalue weighted by molar-refractivity contribution is 6.31. The number of hydrogen-bond donors (Lipinski definition) is 0. The molecule has 0 N–H and O–H groups in total. The Labute approximate surface area is 224 Å². The van der Waals surface area contributed by atoms with Crippen molar-refractivity contribution in [1.29, 1.82) is 0 Å². The Morgan fingerprint density at radius 2 is 1.54 bits per heavy atom. The number of carbonyl (C=O) groups excluding carboxylic acids is 2. The van der Waals surface area contributed by atoms with E-state index in [-0.39, 0.29) is 11.8 Å². The molecule has 0 saturated heterocycles. The van der Waals surface area contributed by atoms with Crippen LogP contribution < -0.4 is 4.90 Å². The van der Waals surface area contributed by atoms with Crippen molar-refractivity contribution in [3.8, 4) is 0 Å². The number of oxime groups is 1. The first-order valence-electron chi connectivity index (χ1n) is 11.7. The molecular formula is C29H23Cl2N3O3. The van der Waals surface area contributed by atoms with Gasteiger partial charge in [-0.3, -0.25) is 4.79 Å².